The first kappa shape index (κ1) is 16.9. The number of rotatable bonds is 5. The van der Waals surface area contributed by atoms with Crippen LogP contribution in [0.5, 0.6) is 5.95 Å². The third-order valence-electron chi connectivity index (χ3n) is 4.01. The smallest absolute Gasteiger partial charge is 0.308 e. The Hall–Kier alpha value is -3.55. The molecule has 8 heteroatoms. The number of oxazole rings is 1. The van der Waals surface area contributed by atoms with E-state index in [9.17, 15) is 4.39 Å². The lowest BCUT2D eigenvalue weighted by atomic mass is 10.2. The minimum Gasteiger partial charge on any atom is -0.467 e. The minimum absolute atomic E-state index is 0.207. The number of aryl methyl sites for hydroxylation is 1. The molecule has 0 radical (unpaired) electrons. The fraction of sp³-hybridized carbons (Fsp3) is 0.158. The first-order valence-corrected chi connectivity index (χ1v) is 8.26. The van der Waals surface area contributed by atoms with Gasteiger partial charge in [0.1, 0.15) is 22.9 Å². The van der Waals surface area contributed by atoms with Gasteiger partial charge < -0.3 is 9.15 Å². The van der Waals surface area contributed by atoms with Crippen molar-refractivity contribution in [1.82, 2.24) is 24.7 Å². The first-order chi connectivity index (χ1) is 13.2. The molecule has 0 aliphatic heterocycles. The molecule has 7 nitrogen and oxygen atoms in total. The van der Waals surface area contributed by atoms with Crippen LogP contribution >= 0.6 is 0 Å². The van der Waals surface area contributed by atoms with E-state index in [1.54, 1.807) is 54.3 Å². The van der Waals surface area contributed by atoms with Crippen LogP contribution in [0.1, 0.15) is 11.3 Å². The molecule has 4 rings (SSSR count). The van der Waals surface area contributed by atoms with Gasteiger partial charge in [0.25, 0.3) is 0 Å². The molecule has 3 heterocycles. The zero-order chi connectivity index (χ0) is 18.8. The van der Waals surface area contributed by atoms with Crippen molar-refractivity contribution in [2.24, 2.45) is 0 Å². The molecule has 3 aromatic heterocycles. The molecule has 0 aliphatic rings. The molecule has 0 fully saturated rings. The molecule has 1 aromatic carbocycles. The van der Waals surface area contributed by atoms with Crippen molar-refractivity contribution in [3.63, 3.8) is 0 Å². The van der Waals surface area contributed by atoms with Crippen molar-refractivity contribution in [3.05, 3.63) is 65.9 Å². The van der Waals surface area contributed by atoms with Crippen LogP contribution < -0.4 is 4.74 Å². The fourth-order valence-corrected chi connectivity index (χ4v) is 2.72. The average molecular weight is 365 g/mol. The number of methoxy groups -OCH3 is 1. The summed E-state index contributed by atoms with van der Waals surface area (Å²) in [5.74, 6) is 0.801. The van der Waals surface area contributed by atoms with Crippen molar-refractivity contribution in [3.8, 4) is 29.0 Å². The first-order valence-electron chi connectivity index (χ1n) is 8.26. The number of hydrogen-bond acceptors (Lipinski definition) is 6. The predicted molar refractivity (Wildman–Crippen MR) is 95.5 cm³/mol. The van der Waals surface area contributed by atoms with Crippen molar-refractivity contribution in [1.29, 1.82) is 0 Å². The third kappa shape index (κ3) is 3.29. The van der Waals surface area contributed by atoms with Crippen LogP contribution in [0.4, 0.5) is 4.39 Å². The number of ether oxygens (including phenoxy) is 1. The maximum atomic E-state index is 14.1. The Bertz CT molecular complexity index is 1070. The summed E-state index contributed by atoms with van der Waals surface area (Å²) in [5, 5.41) is 4.54. The zero-order valence-electron chi connectivity index (χ0n) is 14.8. The van der Waals surface area contributed by atoms with Crippen molar-refractivity contribution >= 4 is 0 Å². The molecule has 0 atom stereocenters. The zero-order valence-corrected chi connectivity index (χ0v) is 14.8. The van der Waals surface area contributed by atoms with E-state index in [1.807, 2.05) is 0 Å². The lowest BCUT2D eigenvalue weighted by molar-refractivity contribution is 0.305. The molecule has 0 aliphatic carbocycles. The second-order valence-corrected chi connectivity index (χ2v) is 5.83. The maximum Gasteiger partial charge on any atom is 0.308 e. The minimum atomic E-state index is -0.308. The molecule has 0 unspecified atom stereocenters. The highest BCUT2D eigenvalue weighted by Crippen LogP contribution is 2.29. The SMILES string of the molecule is COc1oc(-c2cc(-c3ncccn3)nn2Cc2ccccc2F)nc1C. The van der Waals surface area contributed by atoms with Crippen molar-refractivity contribution in [2.75, 3.05) is 7.11 Å². The van der Waals surface area contributed by atoms with E-state index in [2.05, 4.69) is 20.1 Å². The summed E-state index contributed by atoms with van der Waals surface area (Å²) in [6, 6.07) is 10.0. The maximum absolute atomic E-state index is 14.1. The standard InChI is InChI=1S/C19H16FN5O2/c1-12-19(26-2)27-18(23-12)16-10-15(17-21-8-5-9-22-17)24-25(16)11-13-6-3-4-7-14(13)20/h3-10H,11H2,1-2H3. The second kappa shape index (κ2) is 6.99. The average Bonchev–Trinajstić information content (AvgIpc) is 3.27. The highest BCUT2D eigenvalue weighted by atomic mass is 19.1. The van der Waals surface area contributed by atoms with E-state index in [0.29, 0.717) is 40.3 Å². The van der Waals surface area contributed by atoms with Gasteiger partial charge in [0.2, 0.25) is 5.89 Å². The Morgan fingerprint density at radius 3 is 2.63 bits per heavy atom. The summed E-state index contributed by atoms with van der Waals surface area (Å²) >= 11 is 0. The van der Waals surface area contributed by atoms with Gasteiger partial charge in [-0.2, -0.15) is 5.10 Å². The molecule has 0 amide bonds. The molecule has 27 heavy (non-hydrogen) atoms. The van der Waals surface area contributed by atoms with Crippen LogP contribution in [-0.2, 0) is 6.54 Å². The van der Waals surface area contributed by atoms with Gasteiger partial charge in [-0.1, -0.05) is 18.2 Å². The van der Waals surface area contributed by atoms with E-state index in [0.717, 1.165) is 0 Å². The van der Waals surface area contributed by atoms with E-state index in [4.69, 9.17) is 9.15 Å². The highest BCUT2D eigenvalue weighted by molar-refractivity contribution is 5.60. The Kier molecular flexibility index (Phi) is 4.37. The van der Waals surface area contributed by atoms with Gasteiger partial charge in [0.15, 0.2) is 5.82 Å². The predicted octanol–water partition coefficient (Wildman–Crippen LogP) is 3.50. The largest absolute Gasteiger partial charge is 0.467 e. The van der Waals surface area contributed by atoms with Crippen LogP contribution in [0.25, 0.3) is 23.1 Å². The molecular weight excluding hydrogens is 349 g/mol. The van der Waals surface area contributed by atoms with Gasteiger partial charge in [0, 0.05) is 24.0 Å². The lowest BCUT2D eigenvalue weighted by Crippen LogP contribution is -2.06. The lowest BCUT2D eigenvalue weighted by Gasteiger charge is -2.06. The summed E-state index contributed by atoms with van der Waals surface area (Å²) in [4.78, 5) is 12.8. The molecule has 0 bridgehead atoms. The van der Waals surface area contributed by atoms with Gasteiger partial charge in [-0.05, 0) is 19.1 Å². The van der Waals surface area contributed by atoms with E-state index < -0.39 is 0 Å². The number of aromatic nitrogens is 5. The number of nitrogens with zero attached hydrogens (tertiary/aromatic N) is 5. The van der Waals surface area contributed by atoms with Crippen LogP contribution in [0.15, 0.2) is 53.2 Å². The van der Waals surface area contributed by atoms with E-state index >= 15 is 0 Å². The summed E-state index contributed by atoms with van der Waals surface area (Å²) in [6.07, 6.45) is 3.27. The highest BCUT2D eigenvalue weighted by Gasteiger charge is 2.20. The summed E-state index contributed by atoms with van der Waals surface area (Å²) < 4.78 is 26.6. The number of hydrogen-bond donors (Lipinski definition) is 0. The Morgan fingerprint density at radius 1 is 1.15 bits per heavy atom. The number of benzene rings is 1. The van der Waals surface area contributed by atoms with Crippen molar-refractivity contribution in [2.45, 2.75) is 13.5 Å². The van der Waals surface area contributed by atoms with E-state index in [-0.39, 0.29) is 12.4 Å². The molecule has 0 N–H and O–H groups in total. The molecule has 136 valence electrons. The van der Waals surface area contributed by atoms with Crippen LogP contribution in [0.3, 0.4) is 0 Å². The van der Waals surface area contributed by atoms with Gasteiger partial charge in [-0.15, -0.1) is 0 Å². The third-order valence-corrected chi connectivity index (χ3v) is 4.01. The van der Waals surface area contributed by atoms with Gasteiger partial charge >= 0.3 is 5.95 Å². The summed E-state index contributed by atoms with van der Waals surface area (Å²) in [7, 11) is 1.51. The quantitative estimate of drug-likeness (QED) is 0.539. The molecule has 0 saturated carbocycles. The topological polar surface area (TPSA) is 78.9 Å². The molecule has 4 aromatic rings. The second-order valence-electron chi connectivity index (χ2n) is 5.83. The van der Waals surface area contributed by atoms with Crippen LogP contribution in [0, 0.1) is 12.7 Å². The summed E-state index contributed by atoms with van der Waals surface area (Å²) in [5.41, 5.74) is 2.23. The van der Waals surface area contributed by atoms with Crippen LogP contribution in [-0.4, -0.2) is 31.8 Å². The van der Waals surface area contributed by atoms with Gasteiger partial charge in [0.05, 0.1) is 13.7 Å². The van der Waals surface area contributed by atoms with Crippen LogP contribution in [0.2, 0.25) is 0 Å². The Balaban J connectivity index is 1.82. The summed E-state index contributed by atoms with van der Waals surface area (Å²) in [6.45, 7) is 1.99. The van der Waals surface area contributed by atoms with Gasteiger partial charge in [-0.3, -0.25) is 4.68 Å². The van der Waals surface area contributed by atoms with E-state index in [1.165, 1.54) is 13.2 Å². The molecular formula is C19H16FN5O2. The van der Waals surface area contributed by atoms with Gasteiger partial charge in [-0.25, -0.2) is 19.3 Å². The normalized spacial score (nSPS) is 10.9. The number of halogens is 1. The monoisotopic (exact) mass is 365 g/mol. The molecule has 0 spiro atoms. The Morgan fingerprint density at radius 2 is 1.93 bits per heavy atom. The van der Waals surface area contributed by atoms with Crippen molar-refractivity contribution < 1.29 is 13.5 Å². The Labute approximate surface area is 154 Å². The fourth-order valence-electron chi connectivity index (χ4n) is 2.72. The molecule has 0 saturated heterocycles.